The Kier molecular flexibility index (Phi) is 3.74. The van der Waals surface area contributed by atoms with E-state index in [1.54, 1.807) is 12.1 Å². The average molecular weight is 276 g/mol. The molecule has 2 heterocycles. The van der Waals surface area contributed by atoms with Gasteiger partial charge >= 0.3 is 0 Å². The largest absolute Gasteiger partial charge is 0.366 e. The minimum absolute atomic E-state index is 0.0902. The Bertz CT molecular complexity index is 517. The first-order valence-corrected chi connectivity index (χ1v) is 7.44. The van der Waals surface area contributed by atoms with Crippen LogP contribution in [0.5, 0.6) is 0 Å². The first-order chi connectivity index (χ1) is 9.65. The van der Waals surface area contributed by atoms with Crippen molar-refractivity contribution >= 4 is 11.5 Å². The third-order valence-corrected chi connectivity index (χ3v) is 4.53. The van der Waals surface area contributed by atoms with E-state index in [1.807, 2.05) is 0 Å². The van der Waals surface area contributed by atoms with Gasteiger partial charge in [-0.15, -0.1) is 0 Å². The van der Waals surface area contributed by atoms with Crippen LogP contribution in [0.3, 0.4) is 0 Å². The molecule has 2 aliphatic rings. The van der Waals surface area contributed by atoms with Crippen LogP contribution in [0.2, 0.25) is 0 Å². The van der Waals surface area contributed by atoms with E-state index in [2.05, 4.69) is 9.80 Å². The molecule has 1 atom stereocenters. The van der Waals surface area contributed by atoms with Crippen molar-refractivity contribution < 1.29 is 9.18 Å². The first kappa shape index (κ1) is 13.6. The number of ketones is 1. The molecule has 3 rings (SSSR count). The topological polar surface area (TPSA) is 23.6 Å². The Morgan fingerprint density at radius 3 is 2.85 bits per heavy atom. The van der Waals surface area contributed by atoms with Gasteiger partial charge in [-0.1, -0.05) is 6.42 Å². The minimum atomic E-state index is -0.276. The van der Waals surface area contributed by atoms with Crippen LogP contribution in [0.1, 0.15) is 36.5 Å². The second-order valence-corrected chi connectivity index (χ2v) is 5.85. The lowest BCUT2D eigenvalue weighted by atomic mass is 9.99. The Morgan fingerprint density at radius 2 is 2.10 bits per heavy atom. The number of hydrogen-bond acceptors (Lipinski definition) is 3. The van der Waals surface area contributed by atoms with Gasteiger partial charge in [0.1, 0.15) is 5.82 Å². The second-order valence-electron chi connectivity index (χ2n) is 5.85. The highest BCUT2D eigenvalue weighted by Crippen LogP contribution is 2.27. The monoisotopic (exact) mass is 276 g/mol. The first-order valence-electron chi connectivity index (χ1n) is 7.44. The smallest absolute Gasteiger partial charge is 0.159 e. The van der Waals surface area contributed by atoms with E-state index in [0.29, 0.717) is 17.3 Å². The summed E-state index contributed by atoms with van der Waals surface area (Å²) in [5.41, 5.74) is 1.09. The van der Waals surface area contributed by atoms with Gasteiger partial charge in [-0.25, -0.2) is 4.39 Å². The minimum Gasteiger partial charge on any atom is -0.366 e. The summed E-state index contributed by atoms with van der Waals surface area (Å²) in [5, 5.41) is 0. The quantitative estimate of drug-likeness (QED) is 0.776. The molecule has 0 aliphatic carbocycles. The molecule has 1 aromatic carbocycles. The molecule has 20 heavy (non-hydrogen) atoms. The van der Waals surface area contributed by atoms with Crippen LogP contribution in [0.15, 0.2) is 18.2 Å². The third kappa shape index (κ3) is 2.57. The molecule has 2 saturated heterocycles. The van der Waals surface area contributed by atoms with Crippen molar-refractivity contribution in [2.45, 2.75) is 32.2 Å². The average Bonchev–Trinajstić information content (AvgIpc) is 2.46. The number of carbonyl (C=O) groups excluding carboxylic acids is 1. The van der Waals surface area contributed by atoms with Crippen molar-refractivity contribution in [1.82, 2.24) is 4.90 Å². The number of Topliss-reactive ketones (excluding diaryl/α,β-unsaturated/α-hetero) is 1. The van der Waals surface area contributed by atoms with Crippen molar-refractivity contribution in [2.24, 2.45) is 0 Å². The number of halogens is 1. The fraction of sp³-hybridized carbons (Fsp3) is 0.562. The summed E-state index contributed by atoms with van der Waals surface area (Å²) < 4.78 is 14.2. The summed E-state index contributed by atoms with van der Waals surface area (Å²) in [4.78, 5) is 15.9. The van der Waals surface area contributed by atoms with E-state index in [-0.39, 0.29) is 11.6 Å². The van der Waals surface area contributed by atoms with E-state index in [4.69, 9.17) is 0 Å². The van der Waals surface area contributed by atoms with E-state index >= 15 is 0 Å². The molecule has 0 bridgehead atoms. The number of nitrogens with zero attached hydrogens (tertiary/aromatic N) is 2. The van der Waals surface area contributed by atoms with Crippen LogP contribution in [0.25, 0.3) is 0 Å². The Balaban J connectivity index is 1.78. The Morgan fingerprint density at radius 1 is 1.25 bits per heavy atom. The maximum atomic E-state index is 14.2. The zero-order valence-corrected chi connectivity index (χ0v) is 11.9. The molecule has 0 radical (unpaired) electrons. The lowest BCUT2D eigenvalue weighted by Crippen LogP contribution is -2.55. The second kappa shape index (κ2) is 5.52. The summed E-state index contributed by atoms with van der Waals surface area (Å²) in [6, 6.07) is 5.41. The highest BCUT2D eigenvalue weighted by molar-refractivity contribution is 5.94. The SMILES string of the molecule is CC(=O)c1ccc(N2CCN3CCCCC3C2)c(F)c1. The number of benzene rings is 1. The Labute approximate surface area is 119 Å². The normalized spacial score (nSPS) is 23.5. The van der Waals surface area contributed by atoms with Crippen LogP contribution in [-0.2, 0) is 0 Å². The van der Waals surface area contributed by atoms with Gasteiger partial charge in [-0.3, -0.25) is 9.69 Å². The molecule has 0 amide bonds. The molecule has 0 saturated carbocycles. The number of fused-ring (bicyclic) bond motifs is 1. The molecule has 1 aromatic rings. The predicted octanol–water partition coefficient (Wildman–Crippen LogP) is 2.70. The number of anilines is 1. The number of carbonyl (C=O) groups is 1. The van der Waals surface area contributed by atoms with Crippen LogP contribution in [0, 0.1) is 5.82 Å². The molecule has 0 N–H and O–H groups in total. The lowest BCUT2D eigenvalue weighted by molar-refractivity contribution is 0.101. The molecule has 3 nitrogen and oxygen atoms in total. The van der Waals surface area contributed by atoms with Gasteiger partial charge in [0.25, 0.3) is 0 Å². The van der Waals surface area contributed by atoms with Crippen molar-refractivity contribution in [3.05, 3.63) is 29.6 Å². The predicted molar refractivity (Wildman–Crippen MR) is 77.8 cm³/mol. The number of rotatable bonds is 2. The van der Waals surface area contributed by atoms with E-state index < -0.39 is 0 Å². The summed E-state index contributed by atoms with van der Waals surface area (Å²) in [6.45, 7) is 5.43. The summed E-state index contributed by atoms with van der Waals surface area (Å²) in [7, 11) is 0. The van der Waals surface area contributed by atoms with Crippen molar-refractivity contribution in [1.29, 1.82) is 0 Å². The maximum Gasteiger partial charge on any atom is 0.159 e. The number of piperazine rings is 1. The third-order valence-electron chi connectivity index (χ3n) is 4.53. The van der Waals surface area contributed by atoms with Gasteiger partial charge in [0, 0.05) is 31.2 Å². The van der Waals surface area contributed by atoms with Crippen LogP contribution >= 0.6 is 0 Å². The highest BCUT2D eigenvalue weighted by atomic mass is 19.1. The summed E-state index contributed by atoms with van der Waals surface area (Å²) >= 11 is 0. The van der Waals surface area contributed by atoms with Crippen molar-refractivity contribution in [2.75, 3.05) is 31.1 Å². The fourth-order valence-corrected chi connectivity index (χ4v) is 3.36. The molecule has 2 fully saturated rings. The number of hydrogen-bond donors (Lipinski definition) is 0. The van der Waals surface area contributed by atoms with E-state index in [0.717, 1.165) is 19.6 Å². The Hall–Kier alpha value is -1.42. The number of piperidine rings is 1. The fourth-order valence-electron chi connectivity index (χ4n) is 3.36. The molecular formula is C16H21FN2O. The molecular weight excluding hydrogens is 255 g/mol. The zero-order valence-electron chi connectivity index (χ0n) is 11.9. The lowest BCUT2D eigenvalue weighted by Gasteiger charge is -2.45. The van der Waals surface area contributed by atoms with Gasteiger partial charge in [0.05, 0.1) is 5.69 Å². The van der Waals surface area contributed by atoms with Crippen molar-refractivity contribution in [3.63, 3.8) is 0 Å². The highest BCUT2D eigenvalue weighted by Gasteiger charge is 2.29. The zero-order chi connectivity index (χ0) is 14.1. The maximum absolute atomic E-state index is 14.2. The van der Waals surface area contributed by atoms with Crippen LogP contribution < -0.4 is 4.90 Å². The molecule has 0 aromatic heterocycles. The van der Waals surface area contributed by atoms with Gasteiger partial charge < -0.3 is 4.90 Å². The molecule has 2 aliphatic heterocycles. The van der Waals surface area contributed by atoms with Gasteiger partial charge in [-0.2, -0.15) is 0 Å². The van der Waals surface area contributed by atoms with Crippen LogP contribution in [-0.4, -0.2) is 42.9 Å². The molecule has 4 heteroatoms. The van der Waals surface area contributed by atoms with Gasteiger partial charge in [-0.05, 0) is 44.5 Å². The van der Waals surface area contributed by atoms with Gasteiger partial charge in [0.2, 0.25) is 0 Å². The van der Waals surface area contributed by atoms with Crippen LogP contribution in [0.4, 0.5) is 10.1 Å². The van der Waals surface area contributed by atoms with Crippen molar-refractivity contribution in [3.8, 4) is 0 Å². The standard InChI is InChI=1S/C16H21FN2O/c1-12(20)13-5-6-16(15(17)10-13)19-9-8-18-7-3-2-4-14(18)11-19/h5-6,10,14H,2-4,7-9,11H2,1H3. The molecule has 108 valence electrons. The van der Waals surface area contributed by atoms with Gasteiger partial charge in [0.15, 0.2) is 5.78 Å². The van der Waals surface area contributed by atoms with E-state index in [1.165, 1.54) is 38.8 Å². The van der Waals surface area contributed by atoms with E-state index in [9.17, 15) is 9.18 Å². The molecule has 1 unspecified atom stereocenters. The summed E-state index contributed by atoms with van der Waals surface area (Å²) in [6.07, 6.45) is 3.78. The summed E-state index contributed by atoms with van der Waals surface area (Å²) in [5.74, 6) is -0.366. The molecule has 0 spiro atoms.